The highest BCUT2D eigenvalue weighted by Crippen LogP contribution is 2.20. The first kappa shape index (κ1) is 14.0. The van der Waals surface area contributed by atoms with Crippen LogP contribution in [0.1, 0.15) is 26.7 Å². The van der Waals surface area contributed by atoms with E-state index in [-0.39, 0.29) is 6.04 Å². The molecule has 17 heavy (non-hydrogen) atoms. The number of sulfonamides is 1. The maximum Gasteiger partial charge on any atom is 0.242 e. The zero-order chi connectivity index (χ0) is 12.9. The van der Waals surface area contributed by atoms with E-state index >= 15 is 0 Å². The zero-order valence-electron chi connectivity index (χ0n) is 10.5. The third kappa shape index (κ3) is 3.44. The summed E-state index contributed by atoms with van der Waals surface area (Å²) in [5.41, 5.74) is 0.617. The SMILES string of the molecule is CCC(CC)NS(=O)(=O)c1ccccc1NC. The molecule has 0 bridgehead atoms. The molecule has 2 N–H and O–H groups in total. The van der Waals surface area contributed by atoms with Crippen molar-refractivity contribution in [2.24, 2.45) is 0 Å². The average molecular weight is 256 g/mol. The minimum absolute atomic E-state index is 0.00934. The Morgan fingerprint density at radius 2 is 1.76 bits per heavy atom. The van der Waals surface area contributed by atoms with Crippen LogP contribution in [0.2, 0.25) is 0 Å². The Hall–Kier alpha value is -1.07. The molecular formula is C12H20N2O2S. The molecule has 0 radical (unpaired) electrons. The van der Waals surface area contributed by atoms with Crippen molar-refractivity contribution in [3.05, 3.63) is 24.3 Å². The molecule has 0 amide bonds. The summed E-state index contributed by atoms with van der Waals surface area (Å²) in [6.07, 6.45) is 1.58. The van der Waals surface area contributed by atoms with E-state index in [1.54, 1.807) is 25.2 Å². The predicted octanol–water partition coefficient (Wildman–Crippen LogP) is 2.20. The molecular weight excluding hydrogens is 236 g/mol. The van der Waals surface area contributed by atoms with E-state index in [1.807, 2.05) is 19.9 Å². The summed E-state index contributed by atoms with van der Waals surface area (Å²) >= 11 is 0. The molecule has 5 heteroatoms. The second-order valence-corrected chi connectivity index (χ2v) is 5.56. The molecule has 96 valence electrons. The fraction of sp³-hybridized carbons (Fsp3) is 0.500. The number of hydrogen-bond donors (Lipinski definition) is 2. The van der Waals surface area contributed by atoms with Gasteiger partial charge < -0.3 is 5.32 Å². The lowest BCUT2D eigenvalue weighted by Gasteiger charge is -2.16. The van der Waals surface area contributed by atoms with Crippen molar-refractivity contribution in [1.29, 1.82) is 0 Å². The highest BCUT2D eigenvalue weighted by molar-refractivity contribution is 7.89. The summed E-state index contributed by atoms with van der Waals surface area (Å²) < 4.78 is 27.1. The van der Waals surface area contributed by atoms with E-state index in [4.69, 9.17) is 0 Å². The zero-order valence-corrected chi connectivity index (χ0v) is 11.3. The Balaban J connectivity index is 3.04. The van der Waals surface area contributed by atoms with Gasteiger partial charge in [0.05, 0.1) is 5.69 Å². The Bertz CT molecular complexity index is 453. The van der Waals surface area contributed by atoms with Gasteiger partial charge in [0.15, 0.2) is 0 Å². The number of hydrogen-bond acceptors (Lipinski definition) is 3. The molecule has 4 nitrogen and oxygen atoms in total. The predicted molar refractivity (Wildman–Crippen MR) is 70.7 cm³/mol. The Kier molecular flexibility index (Phi) is 4.96. The lowest BCUT2D eigenvalue weighted by atomic mass is 10.2. The molecule has 0 saturated heterocycles. The number of anilines is 1. The molecule has 0 aromatic heterocycles. The van der Waals surface area contributed by atoms with Crippen LogP contribution in [0.3, 0.4) is 0 Å². The van der Waals surface area contributed by atoms with Gasteiger partial charge in [0, 0.05) is 13.1 Å². The molecule has 0 fully saturated rings. The molecule has 0 atom stereocenters. The third-order valence-corrected chi connectivity index (χ3v) is 4.33. The fourth-order valence-electron chi connectivity index (χ4n) is 1.65. The summed E-state index contributed by atoms with van der Waals surface area (Å²) in [6, 6.07) is 6.88. The normalized spacial score (nSPS) is 11.8. The summed E-state index contributed by atoms with van der Waals surface area (Å²) in [6.45, 7) is 3.95. The largest absolute Gasteiger partial charge is 0.387 e. The maximum atomic E-state index is 12.2. The second-order valence-electron chi connectivity index (χ2n) is 3.88. The van der Waals surface area contributed by atoms with Crippen LogP contribution in [0.15, 0.2) is 29.2 Å². The summed E-state index contributed by atoms with van der Waals surface area (Å²) in [5.74, 6) is 0. The van der Waals surface area contributed by atoms with Gasteiger partial charge in [-0.2, -0.15) is 0 Å². The van der Waals surface area contributed by atoms with Crippen LogP contribution in [0.25, 0.3) is 0 Å². The minimum Gasteiger partial charge on any atom is -0.387 e. The highest BCUT2D eigenvalue weighted by Gasteiger charge is 2.20. The molecule has 0 unspecified atom stereocenters. The van der Waals surface area contributed by atoms with Gasteiger partial charge in [-0.1, -0.05) is 26.0 Å². The third-order valence-electron chi connectivity index (χ3n) is 2.75. The first-order valence-electron chi connectivity index (χ1n) is 5.84. The van der Waals surface area contributed by atoms with Crippen molar-refractivity contribution in [1.82, 2.24) is 4.72 Å². The first-order valence-corrected chi connectivity index (χ1v) is 7.32. The molecule has 0 aliphatic rings. The van der Waals surface area contributed by atoms with Crippen LogP contribution in [0, 0.1) is 0 Å². The van der Waals surface area contributed by atoms with Gasteiger partial charge in [0.25, 0.3) is 0 Å². The smallest absolute Gasteiger partial charge is 0.242 e. The highest BCUT2D eigenvalue weighted by atomic mass is 32.2. The number of nitrogens with one attached hydrogen (secondary N) is 2. The molecule has 0 heterocycles. The van der Waals surface area contributed by atoms with Crippen molar-refractivity contribution in [3.63, 3.8) is 0 Å². The van der Waals surface area contributed by atoms with Gasteiger partial charge in [0.2, 0.25) is 10.0 Å². The summed E-state index contributed by atoms with van der Waals surface area (Å²) in [7, 11) is -1.73. The molecule has 1 rings (SSSR count). The van der Waals surface area contributed by atoms with Gasteiger partial charge in [-0.3, -0.25) is 0 Å². The molecule has 0 spiro atoms. The van der Waals surface area contributed by atoms with Crippen molar-refractivity contribution in [2.45, 2.75) is 37.6 Å². The van der Waals surface area contributed by atoms with Gasteiger partial charge in [0.1, 0.15) is 4.90 Å². The van der Waals surface area contributed by atoms with Gasteiger partial charge in [-0.25, -0.2) is 13.1 Å². The van der Waals surface area contributed by atoms with Crippen molar-refractivity contribution in [2.75, 3.05) is 12.4 Å². The molecule has 1 aromatic rings. The monoisotopic (exact) mass is 256 g/mol. The maximum absolute atomic E-state index is 12.2. The van der Waals surface area contributed by atoms with Crippen molar-refractivity contribution in [3.8, 4) is 0 Å². The van der Waals surface area contributed by atoms with Crippen LogP contribution < -0.4 is 10.0 Å². The molecule has 1 aromatic carbocycles. The molecule has 0 aliphatic carbocycles. The van der Waals surface area contributed by atoms with Crippen LogP contribution in [-0.4, -0.2) is 21.5 Å². The van der Waals surface area contributed by atoms with E-state index < -0.39 is 10.0 Å². The quantitative estimate of drug-likeness (QED) is 0.820. The van der Waals surface area contributed by atoms with E-state index in [0.29, 0.717) is 10.6 Å². The Morgan fingerprint density at radius 1 is 1.18 bits per heavy atom. The lowest BCUT2D eigenvalue weighted by Crippen LogP contribution is -2.34. The van der Waals surface area contributed by atoms with Crippen LogP contribution in [-0.2, 0) is 10.0 Å². The van der Waals surface area contributed by atoms with E-state index in [0.717, 1.165) is 12.8 Å². The lowest BCUT2D eigenvalue weighted by molar-refractivity contribution is 0.530. The van der Waals surface area contributed by atoms with E-state index in [9.17, 15) is 8.42 Å². The van der Waals surface area contributed by atoms with Gasteiger partial charge in [-0.05, 0) is 25.0 Å². The molecule has 0 aliphatic heterocycles. The van der Waals surface area contributed by atoms with Crippen LogP contribution >= 0.6 is 0 Å². The van der Waals surface area contributed by atoms with Crippen LogP contribution in [0.4, 0.5) is 5.69 Å². The number of benzene rings is 1. The summed E-state index contributed by atoms with van der Waals surface area (Å²) in [4.78, 5) is 0.300. The number of rotatable bonds is 6. The van der Waals surface area contributed by atoms with Crippen LogP contribution in [0.5, 0.6) is 0 Å². The van der Waals surface area contributed by atoms with Gasteiger partial charge >= 0.3 is 0 Å². The van der Waals surface area contributed by atoms with E-state index in [1.165, 1.54) is 0 Å². The first-order chi connectivity index (χ1) is 8.05. The fourth-order valence-corrected chi connectivity index (χ4v) is 3.26. The van der Waals surface area contributed by atoms with E-state index in [2.05, 4.69) is 10.0 Å². The van der Waals surface area contributed by atoms with Crippen molar-refractivity contribution < 1.29 is 8.42 Å². The standard InChI is InChI=1S/C12H20N2O2S/c1-4-10(5-2)14-17(15,16)12-9-7-6-8-11(12)13-3/h6-10,13-14H,4-5H2,1-3H3. The molecule has 0 saturated carbocycles. The van der Waals surface area contributed by atoms with Crippen molar-refractivity contribution >= 4 is 15.7 Å². The second kappa shape index (κ2) is 6.02. The Labute approximate surface area is 103 Å². The summed E-state index contributed by atoms with van der Waals surface area (Å²) in [5, 5.41) is 2.89. The average Bonchev–Trinajstić information content (AvgIpc) is 2.35. The number of para-hydroxylation sites is 1. The minimum atomic E-state index is -3.44. The van der Waals surface area contributed by atoms with Gasteiger partial charge in [-0.15, -0.1) is 0 Å². The topological polar surface area (TPSA) is 58.2 Å². The Morgan fingerprint density at radius 3 is 2.29 bits per heavy atom.